The maximum atomic E-state index is 11.6. The molecular weight excluding hydrogens is 495 g/mol. The predicted molar refractivity (Wildman–Crippen MR) is 145 cm³/mol. The number of nitrogens with zero attached hydrogens (tertiary/aromatic N) is 3. The molecule has 2 aromatic carbocycles. The number of hydrogen-bond donors (Lipinski definition) is 1. The summed E-state index contributed by atoms with van der Waals surface area (Å²) in [7, 11) is 0. The molecule has 1 fully saturated rings. The van der Waals surface area contributed by atoms with Gasteiger partial charge in [-0.05, 0) is 48.9 Å². The molecule has 0 radical (unpaired) electrons. The first-order valence-electron chi connectivity index (χ1n) is 11.3. The molecule has 4 rings (SSSR count). The van der Waals surface area contributed by atoms with Gasteiger partial charge in [0.15, 0.2) is 0 Å². The van der Waals surface area contributed by atoms with Crippen molar-refractivity contribution in [3.05, 3.63) is 65.3 Å². The van der Waals surface area contributed by atoms with Crippen molar-refractivity contribution in [1.29, 1.82) is 0 Å². The molecule has 0 aliphatic carbocycles. The van der Waals surface area contributed by atoms with Gasteiger partial charge in [-0.3, -0.25) is 9.69 Å². The van der Waals surface area contributed by atoms with Gasteiger partial charge in [0, 0.05) is 68.0 Å². The maximum Gasteiger partial charge on any atom is 0.305 e. The number of carbonyl (C=O) groups is 1. The van der Waals surface area contributed by atoms with Crippen molar-refractivity contribution >= 4 is 59.0 Å². The van der Waals surface area contributed by atoms with E-state index in [1.807, 2.05) is 18.2 Å². The summed E-state index contributed by atoms with van der Waals surface area (Å²) in [6.07, 6.45) is 3.25. The van der Waals surface area contributed by atoms with E-state index in [-0.39, 0.29) is 30.8 Å². The summed E-state index contributed by atoms with van der Waals surface area (Å²) in [5.74, 6) is -0.150. The van der Waals surface area contributed by atoms with Gasteiger partial charge in [0.1, 0.15) is 6.61 Å². The van der Waals surface area contributed by atoms with E-state index in [1.165, 1.54) is 22.2 Å². The Labute approximate surface area is 218 Å². The monoisotopic (exact) mass is 526 g/mol. The number of rotatable bonds is 9. The Morgan fingerprint density at radius 1 is 1.03 bits per heavy atom. The molecule has 0 amide bonds. The maximum absolute atomic E-state index is 11.6. The van der Waals surface area contributed by atoms with E-state index in [0.717, 1.165) is 44.3 Å². The number of ether oxygens (including phenoxy) is 1. The Morgan fingerprint density at radius 3 is 2.53 bits per heavy atom. The van der Waals surface area contributed by atoms with Crippen LogP contribution < -0.4 is 10.6 Å². The minimum absolute atomic E-state index is 0. The molecule has 9 heteroatoms. The summed E-state index contributed by atoms with van der Waals surface area (Å²) in [4.78, 5) is 16.4. The summed E-state index contributed by atoms with van der Waals surface area (Å²) in [6.45, 7) is 6.38. The summed E-state index contributed by atoms with van der Waals surface area (Å²) >= 11 is 6.16. The average molecular weight is 528 g/mol. The molecule has 1 aliphatic heterocycles. The van der Waals surface area contributed by atoms with Gasteiger partial charge in [-0.25, -0.2) is 0 Å². The topological polar surface area (TPSA) is 63.7 Å². The molecule has 1 aliphatic rings. The fourth-order valence-corrected chi connectivity index (χ4v) is 4.49. The Bertz CT molecular complexity index is 1050. The van der Waals surface area contributed by atoms with Crippen molar-refractivity contribution in [2.75, 3.05) is 50.8 Å². The van der Waals surface area contributed by atoms with Crippen LogP contribution in [0.4, 0.5) is 5.69 Å². The molecule has 3 aromatic rings. The predicted octanol–water partition coefficient (Wildman–Crippen LogP) is 4.59. The highest BCUT2D eigenvalue weighted by molar-refractivity contribution is 6.30. The number of aromatic nitrogens is 1. The van der Waals surface area contributed by atoms with Crippen molar-refractivity contribution in [2.24, 2.45) is 5.73 Å². The van der Waals surface area contributed by atoms with Crippen LogP contribution in [-0.2, 0) is 16.1 Å². The average Bonchev–Trinajstić information content (AvgIpc) is 3.21. The van der Waals surface area contributed by atoms with Crippen molar-refractivity contribution in [1.82, 2.24) is 9.47 Å². The van der Waals surface area contributed by atoms with E-state index >= 15 is 0 Å². The fraction of sp³-hybridized carbons (Fsp3) is 0.400. The Morgan fingerprint density at radius 2 is 1.79 bits per heavy atom. The van der Waals surface area contributed by atoms with E-state index in [4.69, 9.17) is 22.1 Å². The fourth-order valence-electron chi connectivity index (χ4n) is 4.27. The molecule has 1 aromatic heterocycles. The van der Waals surface area contributed by atoms with Crippen LogP contribution >= 0.6 is 36.4 Å². The summed E-state index contributed by atoms with van der Waals surface area (Å²) in [5, 5.41) is 2.04. The molecule has 0 saturated carbocycles. The first-order chi connectivity index (χ1) is 15.6. The number of carbonyl (C=O) groups excluding carboxylic acids is 1. The van der Waals surface area contributed by atoms with Gasteiger partial charge in [-0.1, -0.05) is 29.8 Å². The molecule has 34 heavy (non-hydrogen) atoms. The third-order valence-electron chi connectivity index (χ3n) is 6.00. The van der Waals surface area contributed by atoms with Crippen LogP contribution in [-0.4, -0.2) is 61.3 Å². The Kier molecular flexibility index (Phi) is 11.5. The van der Waals surface area contributed by atoms with Gasteiger partial charge in [-0.15, -0.1) is 24.8 Å². The molecule has 1 saturated heterocycles. The largest absolute Gasteiger partial charge is 0.464 e. The highest BCUT2D eigenvalue weighted by atomic mass is 35.5. The van der Waals surface area contributed by atoms with E-state index < -0.39 is 0 Å². The normalized spacial score (nSPS) is 13.9. The van der Waals surface area contributed by atoms with Crippen molar-refractivity contribution in [3.8, 4) is 0 Å². The lowest BCUT2D eigenvalue weighted by atomic mass is 10.1. The van der Waals surface area contributed by atoms with E-state index in [0.29, 0.717) is 26.0 Å². The quantitative estimate of drug-likeness (QED) is 0.412. The van der Waals surface area contributed by atoms with Crippen molar-refractivity contribution < 1.29 is 9.53 Å². The molecule has 2 heterocycles. The Hall–Kier alpha value is -1.96. The minimum atomic E-state index is -0.150. The zero-order valence-corrected chi connectivity index (χ0v) is 21.6. The molecule has 0 atom stereocenters. The SMILES string of the molecule is Cl.Cl.NCCCC(=O)OCCN1CCN(c2cccc3c2ccn3Cc2cccc(Cl)c2)CC1. The molecule has 0 unspecified atom stereocenters. The number of benzene rings is 2. The van der Waals surface area contributed by atoms with Gasteiger partial charge < -0.3 is 19.9 Å². The minimum Gasteiger partial charge on any atom is -0.464 e. The van der Waals surface area contributed by atoms with Crippen LogP contribution in [0.1, 0.15) is 18.4 Å². The molecule has 186 valence electrons. The van der Waals surface area contributed by atoms with Crippen LogP contribution in [0.3, 0.4) is 0 Å². The van der Waals surface area contributed by atoms with Gasteiger partial charge in [0.25, 0.3) is 0 Å². The highest BCUT2D eigenvalue weighted by Gasteiger charge is 2.19. The van der Waals surface area contributed by atoms with Crippen LogP contribution in [0.2, 0.25) is 5.02 Å². The second-order valence-corrected chi connectivity index (χ2v) is 8.66. The van der Waals surface area contributed by atoms with E-state index in [1.54, 1.807) is 0 Å². The zero-order valence-electron chi connectivity index (χ0n) is 19.2. The third kappa shape index (κ3) is 7.27. The number of esters is 1. The van der Waals surface area contributed by atoms with Gasteiger partial charge >= 0.3 is 5.97 Å². The number of hydrogen-bond acceptors (Lipinski definition) is 5. The lowest BCUT2D eigenvalue weighted by Gasteiger charge is -2.36. The molecule has 2 N–H and O–H groups in total. The van der Waals surface area contributed by atoms with Crippen LogP contribution in [0, 0.1) is 0 Å². The molecular formula is C25H33Cl3N4O2. The van der Waals surface area contributed by atoms with E-state index in [9.17, 15) is 4.79 Å². The van der Waals surface area contributed by atoms with Gasteiger partial charge in [0.2, 0.25) is 0 Å². The van der Waals surface area contributed by atoms with Gasteiger partial charge in [-0.2, -0.15) is 0 Å². The molecule has 0 spiro atoms. The zero-order chi connectivity index (χ0) is 22.3. The number of anilines is 1. The molecule has 0 bridgehead atoms. The van der Waals surface area contributed by atoms with Crippen molar-refractivity contribution in [2.45, 2.75) is 19.4 Å². The second-order valence-electron chi connectivity index (χ2n) is 8.22. The van der Waals surface area contributed by atoms with Crippen LogP contribution in [0.15, 0.2) is 54.7 Å². The van der Waals surface area contributed by atoms with E-state index in [2.05, 4.69) is 50.9 Å². The first kappa shape index (κ1) is 28.3. The highest BCUT2D eigenvalue weighted by Crippen LogP contribution is 2.29. The Balaban J connectivity index is 0.00000204. The smallest absolute Gasteiger partial charge is 0.305 e. The standard InChI is InChI=1S/C25H31ClN4O2.2ClH/c26-21-5-1-4-20(18-21)19-30-11-9-22-23(6-2-7-24(22)30)29-14-12-28(13-15-29)16-17-32-25(31)8-3-10-27;;/h1-2,4-7,9,11,18H,3,8,10,12-17,19,27H2;2*1H. The third-order valence-corrected chi connectivity index (χ3v) is 6.24. The summed E-state index contributed by atoms with van der Waals surface area (Å²) < 4.78 is 7.59. The molecule has 6 nitrogen and oxygen atoms in total. The second kappa shape index (κ2) is 13.8. The lowest BCUT2D eigenvalue weighted by molar-refractivity contribution is -0.144. The van der Waals surface area contributed by atoms with Crippen LogP contribution in [0.5, 0.6) is 0 Å². The first-order valence-corrected chi connectivity index (χ1v) is 11.7. The summed E-state index contributed by atoms with van der Waals surface area (Å²) in [5.41, 5.74) is 9.13. The number of halogens is 3. The van der Waals surface area contributed by atoms with Gasteiger partial charge in [0.05, 0.1) is 5.52 Å². The lowest BCUT2D eigenvalue weighted by Crippen LogP contribution is -2.47. The van der Waals surface area contributed by atoms with Crippen molar-refractivity contribution in [3.63, 3.8) is 0 Å². The number of nitrogens with two attached hydrogens (primary N) is 1. The summed E-state index contributed by atoms with van der Waals surface area (Å²) in [6, 6.07) is 16.8. The number of piperazine rings is 1. The van der Waals surface area contributed by atoms with Crippen LogP contribution in [0.25, 0.3) is 10.9 Å². The number of fused-ring (bicyclic) bond motifs is 1.